The Morgan fingerprint density at radius 2 is 2.10 bits per heavy atom. The Labute approximate surface area is 119 Å². The van der Waals surface area contributed by atoms with Crippen molar-refractivity contribution in [3.63, 3.8) is 0 Å². The number of benzene rings is 1. The first-order chi connectivity index (χ1) is 9.11. The molecule has 2 aliphatic rings. The molecule has 0 fully saturated rings. The molecule has 0 spiro atoms. The first kappa shape index (κ1) is 14.4. The summed E-state index contributed by atoms with van der Waals surface area (Å²) in [5, 5.41) is 0. The summed E-state index contributed by atoms with van der Waals surface area (Å²) in [6.07, 6.45) is 0.983. The molecule has 1 heterocycles. The third-order valence-electron chi connectivity index (χ3n) is 4.13. The number of carbonyl (C=O) groups is 1. The number of hydrogen-bond acceptors (Lipinski definition) is 3. The average molecular weight is 258 g/mol. The van der Waals surface area contributed by atoms with Gasteiger partial charge in [-0.15, -0.1) is 0 Å². The largest absolute Gasteiger partial charge is 0.363 e. The minimum atomic E-state index is 0. The van der Waals surface area contributed by atoms with Crippen molar-refractivity contribution in [3.8, 4) is 0 Å². The minimum absolute atomic E-state index is 0. The molecule has 1 aliphatic carbocycles. The zero-order valence-electron chi connectivity index (χ0n) is 11.9. The van der Waals surface area contributed by atoms with Crippen molar-refractivity contribution in [2.24, 2.45) is 5.73 Å². The molecule has 0 saturated heterocycles. The monoisotopic (exact) mass is 258 g/mol. The maximum Gasteiger partial charge on any atom is 0.209 e. The molecular weight excluding hydrogens is 240 g/mol. The van der Waals surface area contributed by atoms with Crippen molar-refractivity contribution >= 4 is 5.78 Å². The van der Waals surface area contributed by atoms with Crippen molar-refractivity contribution in [1.82, 2.24) is 4.90 Å². The van der Waals surface area contributed by atoms with Gasteiger partial charge in [0.05, 0.1) is 5.70 Å². The number of rotatable bonds is 2. The van der Waals surface area contributed by atoms with Crippen molar-refractivity contribution in [1.29, 1.82) is 0 Å². The Morgan fingerprint density at radius 1 is 1.35 bits per heavy atom. The van der Waals surface area contributed by atoms with Gasteiger partial charge in [-0.1, -0.05) is 24.8 Å². The molecule has 2 N–H and O–H groups in total. The Morgan fingerprint density at radius 3 is 2.75 bits per heavy atom. The number of nitrogens with two attached hydrogens (primary N) is 1. The first-order valence-electron chi connectivity index (χ1n) is 6.62. The number of hydrogen-bond donors (Lipinski definition) is 1. The summed E-state index contributed by atoms with van der Waals surface area (Å²) < 4.78 is 0. The van der Waals surface area contributed by atoms with Gasteiger partial charge in [0.1, 0.15) is 0 Å². The van der Waals surface area contributed by atoms with Crippen molar-refractivity contribution in [2.75, 3.05) is 6.54 Å². The first-order valence-corrected chi connectivity index (χ1v) is 6.62. The fourth-order valence-corrected chi connectivity index (χ4v) is 2.87. The SMILES string of the molecule is C=C1C(=O)C(N2CCc3ccc(CN)cc3C2)=C1C.[He]. The van der Waals surface area contributed by atoms with Crippen LogP contribution in [0.2, 0.25) is 0 Å². The molecule has 0 unspecified atom stereocenters. The molecule has 0 aromatic heterocycles. The summed E-state index contributed by atoms with van der Waals surface area (Å²) in [4.78, 5) is 14.1. The number of ketones is 1. The second-order valence-corrected chi connectivity index (χ2v) is 5.26. The van der Waals surface area contributed by atoms with E-state index in [0.29, 0.717) is 12.1 Å². The van der Waals surface area contributed by atoms with E-state index in [1.807, 2.05) is 6.92 Å². The van der Waals surface area contributed by atoms with Gasteiger partial charge in [0.25, 0.3) is 0 Å². The van der Waals surface area contributed by atoms with Crippen molar-refractivity contribution in [3.05, 3.63) is 58.3 Å². The second-order valence-electron chi connectivity index (χ2n) is 5.26. The molecule has 0 bridgehead atoms. The molecule has 3 nitrogen and oxygen atoms in total. The van der Waals surface area contributed by atoms with Gasteiger partial charge in [-0.25, -0.2) is 0 Å². The van der Waals surface area contributed by atoms with Crippen LogP contribution in [0, 0.1) is 6.15 Å². The number of fused-ring (bicyclic) bond motifs is 1. The molecule has 0 atom stereocenters. The standard InChI is InChI=1S/C16H18N2O.He/c1-10-11(2)16(19)15(10)18-6-5-13-4-3-12(8-17)7-14(13)9-18;/h3-4,7H,2,5-6,8-9,17H2,1H3;. The van der Waals surface area contributed by atoms with Crippen LogP contribution in [-0.4, -0.2) is 17.2 Å². The van der Waals surface area contributed by atoms with E-state index in [9.17, 15) is 4.79 Å². The van der Waals surface area contributed by atoms with Crippen LogP contribution >= 0.6 is 0 Å². The summed E-state index contributed by atoms with van der Waals surface area (Å²) >= 11 is 0. The van der Waals surface area contributed by atoms with E-state index in [2.05, 4.69) is 29.7 Å². The summed E-state index contributed by atoms with van der Waals surface area (Å²) in [6.45, 7) is 8.03. The van der Waals surface area contributed by atoms with Crippen LogP contribution in [0.25, 0.3) is 0 Å². The van der Waals surface area contributed by atoms with E-state index in [-0.39, 0.29) is 11.9 Å². The Balaban J connectivity index is 0.00000147. The van der Waals surface area contributed by atoms with Crippen LogP contribution in [0.1, 0.15) is 23.6 Å². The summed E-state index contributed by atoms with van der Waals surface area (Å²) in [5.41, 5.74) is 12.1. The quantitative estimate of drug-likeness (QED) is 0.824. The average Bonchev–Trinajstić information content (AvgIpc) is 2.46. The third kappa shape index (κ3) is 2.05. The number of carbonyl (C=O) groups excluding carboxylic acids is 1. The topological polar surface area (TPSA) is 46.3 Å². The predicted octanol–water partition coefficient (Wildman–Crippen LogP) is 1.92. The van der Waals surface area contributed by atoms with Crippen molar-refractivity contribution < 1.29 is 10.9 Å². The predicted molar refractivity (Wildman–Crippen MR) is 75.3 cm³/mol. The zero-order valence-corrected chi connectivity index (χ0v) is 11.9. The molecule has 3 rings (SSSR count). The fraction of sp³-hybridized carbons (Fsp3) is 0.312. The number of Topliss-reactive ketones (excluding diaryl/α,β-unsaturated/α-hetero) is 1. The van der Waals surface area contributed by atoms with Gasteiger partial charge in [-0.3, -0.25) is 4.79 Å². The van der Waals surface area contributed by atoms with Gasteiger partial charge in [-0.05, 0) is 35.6 Å². The van der Waals surface area contributed by atoms with E-state index in [1.165, 1.54) is 11.1 Å². The molecule has 0 saturated carbocycles. The Hall–Kier alpha value is -1.96. The van der Waals surface area contributed by atoms with Crippen LogP contribution in [0.5, 0.6) is 0 Å². The smallest absolute Gasteiger partial charge is 0.209 e. The summed E-state index contributed by atoms with van der Waals surface area (Å²) in [7, 11) is 0. The minimum Gasteiger partial charge on any atom is -0.363 e. The molecule has 1 aliphatic heterocycles. The maximum atomic E-state index is 11.9. The number of allylic oxidation sites excluding steroid dienone is 2. The number of nitrogens with zero attached hydrogens (tertiary/aromatic N) is 1. The molecule has 100 valence electrons. The van der Waals surface area contributed by atoms with E-state index >= 15 is 0 Å². The van der Waals surface area contributed by atoms with Crippen LogP contribution in [-0.2, 0) is 24.3 Å². The zero-order chi connectivity index (χ0) is 13.6. The van der Waals surface area contributed by atoms with E-state index in [4.69, 9.17) is 5.73 Å². The van der Waals surface area contributed by atoms with Gasteiger partial charge in [0, 0.05) is 31.4 Å². The molecule has 0 amide bonds. The molecular formula is C16H18HeN2O. The van der Waals surface area contributed by atoms with E-state index < -0.39 is 0 Å². The maximum absolute atomic E-state index is 11.9. The van der Waals surface area contributed by atoms with Gasteiger partial charge in [0.2, 0.25) is 5.78 Å². The van der Waals surface area contributed by atoms with E-state index in [0.717, 1.165) is 36.3 Å². The second kappa shape index (κ2) is 5.20. The van der Waals surface area contributed by atoms with Crippen molar-refractivity contribution in [2.45, 2.75) is 26.4 Å². The Bertz CT molecular complexity index is 619. The van der Waals surface area contributed by atoms with Gasteiger partial charge in [0.15, 0.2) is 0 Å². The molecule has 4 heteroatoms. The Kier molecular flexibility index (Phi) is 3.76. The van der Waals surface area contributed by atoms with Gasteiger partial charge < -0.3 is 10.6 Å². The molecule has 1 aromatic carbocycles. The van der Waals surface area contributed by atoms with Crippen LogP contribution in [0.3, 0.4) is 0 Å². The van der Waals surface area contributed by atoms with E-state index in [1.54, 1.807) is 0 Å². The summed E-state index contributed by atoms with van der Waals surface area (Å²) in [6, 6.07) is 6.42. The van der Waals surface area contributed by atoms with Gasteiger partial charge in [-0.2, -0.15) is 0 Å². The van der Waals surface area contributed by atoms with Crippen LogP contribution in [0.4, 0.5) is 0 Å². The van der Waals surface area contributed by atoms with Crippen LogP contribution in [0.15, 0.2) is 41.6 Å². The summed E-state index contributed by atoms with van der Waals surface area (Å²) in [5.74, 6) is 0.107. The normalized spacial score (nSPS) is 17.6. The molecule has 1 aromatic rings. The third-order valence-corrected chi connectivity index (χ3v) is 4.13. The van der Waals surface area contributed by atoms with Gasteiger partial charge >= 0.3 is 0 Å². The molecule has 0 radical (unpaired) electrons. The van der Waals surface area contributed by atoms with Crippen LogP contribution < -0.4 is 5.73 Å². The fourth-order valence-electron chi connectivity index (χ4n) is 2.87. The molecule has 20 heavy (non-hydrogen) atoms.